The maximum atomic E-state index is 14.1. The lowest BCUT2D eigenvalue weighted by Crippen LogP contribution is -2.07. The van der Waals surface area contributed by atoms with Crippen molar-refractivity contribution in [2.75, 3.05) is 19.8 Å². The number of aromatic carboxylic acids is 1. The Hall–Kier alpha value is -5.00. The number of carbonyl (C=O) groups is 2. The van der Waals surface area contributed by atoms with Crippen molar-refractivity contribution in [1.29, 1.82) is 0 Å². The van der Waals surface area contributed by atoms with E-state index in [1.165, 1.54) is 249 Å². The van der Waals surface area contributed by atoms with Crippen molar-refractivity contribution in [2.45, 2.75) is 290 Å². The molecule has 2 aromatic carbocycles. The number of aromatic amines is 2. The molecule has 0 saturated heterocycles. The summed E-state index contributed by atoms with van der Waals surface area (Å²) < 4.78 is 53.3. The number of hydrogen-bond acceptors (Lipinski definition) is 6. The normalized spacial score (nSPS) is 11.6. The summed E-state index contributed by atoms with van der Waals surface area (Å²) in [4.78, 5) is 31.6. The van der Waals surface area contributed by atoms with Gasteiger partial charge in [0.05, 0.1) is 36.8 Å². The van der Waals surface area contributed by atoms with Gasteiger partial charge in [-0.3, -0.25) is 4.79 Å². The molecular weight excluding hydrogens is 1050 g/mol. The van der Waals surface area contributed by atoms with E-state index >= 15 is 0 Å². The van der Waals surface area contributed by atoms with Crippen LogP contribution in [0.25, 0.3) is 28.3 Å². The molecule has 0 unspecified atom stereocenters. The number of ketones is 1. The van der Waals surface area contributed by atoms with Crippen LogP contribution in [0.1, 0.15) is 317 Å². The lowest BCUT2D eigenvalue weighted by Gasteiger charge is -2.19. The van der Waals surface area contributed by atoms with E-state index in [0.29, 0.717) is 54.0 Å². The smallest absolute Gasteiger partial charge is 0.503 e. The first kappa shape index (κ1) is 71.5. The molecule has 0 spiro atoms. The first-order chi connectivity index (χ1) is 41.2. The molecule has 2 aromatic heterocycles. The number of carboxylic acids is 1. The molecule has 0 aliphatic rings. The van der Waals surface area contributed by atoms with E-state index in [2.05, 4.69) is 30.7 Å². The summed E-state index contributed by atoms with van der Waals surface area (Å²) >= 11 is 0. The second-order valence-electron chi connectivity index (χ2n) is 23.8. The lowest BCUT2D eigenvalue weighted by atomic mass is 10.0. The van der Waals surface area contributed by atoms with Gasteiger partial charge in [-0.2, -0.15) is 0 Å². The number of hydrogen-bond donors (Lipinski definition) is 3. The summed E-state index contributed by atoms with van der Waals surface area (Å²) in [5.41, 5.74) is 2.80. The summed E-state index contributed by atoms with van der Waals surface area (Å²) in [6, 6.07) is 16.8. The van der Waals surface area contributed by atoms with Crippen LogP contribution in [0.15, 0.2) is 66.7 Å². The van der Waals surface area contributed by atoms with Gasteiger partial charge in [-0.25, -0.2) is 13.4 Å². The topological polar surface area (TPSA) is 123 Å². The molecule has 4 rings (SSSR count). The Labute approximate surface area is 508 Å². The number of H-pyrrole nitrogens is 2. The van der Waals surface area contributed by atoms with Crippen LogP contribution in [0.4, 0.5) is 8.63 Å². The summed E-state index contributed by atoms with van der Waals surface area (Å²) in [5.74, 6) is -0.225. The predicted octanol–water partition coefficient (Wildman–Crippen LogP) is 23.1. The van der Waals surface area contributed by atoms with Crippen LogP contribution >= 0.6 is 0 Å². The van der Waals surface area contributed by atoms with Crippen molar-refractivity contribution >= 4 is 25.0 Å². The molecule has 3 N–H and O–H groups in total. The number of carbonyl (C=O) groups excluding carboxylic acids is 1. The second kappa shape index (κ2) is 47.2. The van der Waals surface area contributed by atoms with E-state index in [4.69, 9.17) is 18.9 Å². The average Bonchev–Trinajstić information content (AvgIpc) is 4.31. The van der Waals surface area contributed by atoms with E-state index < -0.39 is 19.2 Å². The number of ether oxygens (including phenoxy) is 3. The Balaban J connectivity index is 1.47. The van der Waals surface area contributed by atoms with Crippen LogP contribution < -0.4 is 14.2 Å². The lowest BCUT2D eigenvalue weighted by molar-refractivity contribution is 0.0696. The highest BCUT2D eigenvalue weighted by Gasteiger charge is 2.24. The molecule has 4 aromatic rings. The zero-order valence-corrected chi connectivity index (χ0v) is 52.9. The van der Waals surface area contributed by atoms with Gasteiger partial charge in [0.2, 0.25) is 11.5 Å². The molecule has 0 saturated carbocycles. The molecule has 0 radical (unpaired) electrons. The summed E-state index contributed by atoms with van der Waals surface area (Å²) in [6.45, 7) is 8.41. The molecule has 12 heteroatoms. The van der Waals surface area contributed by atoms with Crippen molar-refractivity contribution in [1.82, 2.24) is 9.97 Å². The monoisotopic (exact) mass is 1170 g/mol. The van der Waals surface area contributed by atoms with Crippen molar-refractivity contribution in [2.24, 2.45) is 0 Å². The molecule has 0 aliphatic carbocycles. The van der Waals surface area contributed by atoms with E-state index in [1.54, 1.807) is 30.3 Å². The molecule has 470 valence electrons. The largest absolute Gasteiger partial charge is 0.796 e. The average molecular weight is 1170 g/mol. The van der Waals surface area contributed by atoms with Gasteiger partial charge in [-0.15, -0.1) is 0 Å². The number of unbranched alkanes of at least 4 members (excludes halogenated alkanes) is 39. The highest BCUT2D eigenvalue weighted by atomic mass is 19.2. The Bertz CT molecular complexity index is 2270. The fourth-order valence-corrected chi connectivity index (χ4v) is 11.2. The van der Waals surface area contributed by atoms with Gasteiger partial charge in [0.25, 0.3) is 0 Å². The van der Waals surface area contributed by atoms with Crippen LogP contribution in [0.3, 0.4) is 0 Å². The molecular formula is C72H113BF2N2O7. The Morgan fingerprint density at radius 1 is 0.429 bits per heavy atom. The van der Waals surface area contributed by atoms with Gasteiger partial charge < -0.3 is 33.9 Å². The fourth-order valence-electron chi connectivity index (χ4n) is 11.2. The van der Waals surface area contributed by atoms with E-state index in [9.17, 15) is 23.3 Å². The van der Waals surface area contributed by atoms with Gasteiger partial charge in [0.1, 0.15) is 5.76 Å². The van der Waals surface area contributed by atoms with Crippen molar-refractivity contribution in [3.05, 3.63) is 83.7 Å². The number of allylic oxidation sites excluding steroid dienone is 1. The molecule has 84 heavy (non-hydrogen) atoms. The minimum atomic E-state index is -3.20. The first-order valence-corrected chi connectivity index (χ1v) is 34.2. The van der Waals surface area contributed by atoms with Crippen LogP contribution in [0.2, 0.25) is 0 Å². The SMILES string of the molecule is CCCCCCCCCCCCCCCCOc1cc(-c2ccc(/C(=C\C(=O)c3ccc(-c4cccc(C(=O)O)c4)[nH]3)OB(F)F)[nH]2)cc(OCCCCCCCCCCCCCCCC)c1OCCCCCCCCCCCCCCCC. The van der Waals surface area contributed by atoms with Crippen LogP contribution in [0.5, 0.6) is 17.2 Å². The zero-order valence-electron chi connectivity index (χ0n) is 52.9. The van der Waals surface area contributed by atoms with Crippen molar-refractivity contribution in [3.8, 4) is 39.8 Å². The van der Waals surface area contributed by atoms with Crippen LogP contribution in [0, 0.1) is 0 Å². The van der Waals surface area contributed by atoms with Crippen molar-refractivity contribution in [3.63, 3.8) is 0 Å². The molecule has 2 heterocycles. The number of aromatic nitrogens is 2. The highest BCUT2D eigenvalue weighted by Crippen LogP contribution is 2.43. The third-order valence-electron chi connectivity index (χ3n) is 16.4. The number of benzene rings is 2. The van der Waals surface area contributed by atoms with Gasteiger partial charge in [-0.1, -0.05) is 283 Å². The molecule has 9 nitrogen and oxygen atoms in total. The summed E-state index contributed by atoms with van der Waals surface area (Å²) in [7, 11) is -3.20. The quantitative estimate of drug-likeness (QED) is 0.0132. The van der Waals surface area contributed by atoms with E-state index in [-0.39, 0.29) is 22.7 Å². The van der Waals surface area contributed by atoms with Gasteiger partial charge in [0.15, 0.2) is 11.5 Å². The standard InChI is InChI=1S/C72H113BF2N2O7/c1-4-7-10-13-16-19-22-25-28-31-34-37-40-43-53-81-69-57-62(64-50-52-66(77-64)68(84-73(74)75)59-67(78)65-51-49-63(76-65)60-47-46-48-61(56-60)72(79)80)58-70(82-54-44-41-38-35-32-29-26-23-20-17-14-11-8-5-2)71(69)83-55-45-42-39-36-33-30-27-24-21-18-15-12-9-6-3/h46-52,56-59,76-77H,4-45,53-55H2,1-3H3,(H,79,80)/b68-59+. The molecule has 0 atom stereocenters. The molecule has 0 amide bonds. The predicted molar refractivity (Wildman–Crippen MR) is 348 cm³/mol. The minimum absolute atomic E-state index is 0.0971. The maximum Gasteiger partial charge on any atom is 0.796 e. The zero-order chi connectivity index (χ0) is 59.9. The van der Waals surface area contributed by atoms with E-state index in [1.807, 2.05) is 12.1 Å². The summed E-state index contributed by atoms with van der Waals surface area (Å²) in [5, 5.41) is 9.51. The Kier molecular flexibility index (Phi) is 40.2. The number of rotatable bonds is 56. The fraction of sp³-hybridized carbons (Fsp3) is 0.667. The maximum absolute atomic E-state index is 14.1. The Morgan fingerprint density at radius 2 is 0.774 bits per heavy atom. The van der Waals surface area contributed by atoms with Gasteiger partial charge >= 0.3 is 13.4 Å². The van der Waals surface area contributed by atoms with Gasteiger partial charge in [-0.05, 0) is 73.4 Å². The van der Waals surface area contributed by atoms with Crippen molar-refractivity contribution < 1.29 is 42.2 Å². The van der Waals surface area contributed by atoms with Gasteiger partial charge in [0, 0.05) is 23.0 Å². The highest BCUT2D eigenvalue weighted by molar-refractivity contribution is 6.36. The number of carboxylic acid groups (broad SMARTS) is 1. The Morgan fingerprint density at radius 3 is 1.15 bits per heavy atom. The third kappa shape index (κ3) is 31.9. The second-order valence-corrected chi connectivity index (χ2v) is 23.8. The first-order valence-electron chi connectivity index (χ1n) is 34.2. The minimum Gasteiger partial charge on any atom is -0.503 e. The molecule has 0 fully saturated rings. The van der Waals surface area contributed by atoms with Crippen LogP contribution in [-0.2, 0) is 4.65 Å². The van der Waals surface area contributed by atoms with E-state index in [0.717, 1.165) is 50.2 Å². The molecule has 0 bridgehead atoms. The summed E-state index contributed by atoms with van der Waals surface area (Å²) in [6.07, 6.45) is 54.6. The third-order valence-corrected chi connectivity index (χ3v) is 16.4. The molecule has 0 aliphatic heterocycles. The van der Waals surface area contributed by atoms with Crippen LogP contribution in [-0.4, -0.2) is 54.1 Å². The number of nitrogens with one attached hydrogen (secondary N) is 2. The number of halogens is 2.